The molecule has 4 aromatic rings. The van der Waals surface area contributed by atoms with Crippen LogP contribution in [0.3, 0.4) is 0 Å². The molecule has 0 N–H and O–H groups in total. The Morgan fingerprint density at radius 3 is 2.62 bits per heavy atom. The van der Waals surface area contributed by atoms with Crippen molar-refractivity contribution in [2.24, 2.45) is 11.8 Å². The maximum Gasteiger partial charge on any atom is 0.311 e. The Morgan fingerprint density at radius 1 is 1.05 bits per heavy atom. The van der Waals surface area contributed by atoms with Crippen LogP contribution in [0.25, 0.3) is 11.5 Å². The molecule has 1 saturated heterocycles. The summed E-state index contributed by atoms with van der Waals surface area (Å²) in [5, 5.41) is 4.00. The van der Waals surface area contributed by atoms with E-state index in [0.717, 1.165) is 23.2 Å². The lowest BCUT2D eigenvalue weighted by molar-refractivity contribution is -0.148. The van der Waals surface area contributed by atoms with E-state index in [-0.39, 0.29) is 24.4 Å². The fourth-order valence-corrected chi connectivity index (χ4v) is 4.53. The van der Waals surface area contributed by atoms with Gasteiger partial charge < -0.3 is 18.9 Å². The Hall–Kier alpha value is -4.27. The van der Waals surface area contributed by atoms with Crippen LogP contribution in [0.15, 0.2) is 71.4 Å². The molecule has 0 amide bonds. The summed E-state index contributed by atoms with van der Waals surface area (Å²) >= 11 is 0. The topological polar surface area (TPSA) is 103 Å². The molecule has 5 rings (SSSR count). The molecule has 37 heavy (non-hydrogen) atoms. The number of nitrogens with zero attached hydrogens (tertiary/aromatic N) is 5. The maximum atomic E-state index is 12.7. The number of benzene rings is 2. The minimum atomic E-state index is -0.239. The molecular weight excluding hydrogens is 470 g/mol. The monoisotopic (exact) mass is 499 g/mol. The lowest BCUT2D eigenvalue weighted by Crippen LogP contribution is -2.27. The smallest absolute Gasteiger partial charge is 0.311 e. The third-order valence-corrected chi connectivity index (χ3v) is 6.37. The van der Waals surface area contributed by atoms with Crippen molar-refractivity contribution >= 4 is 11.9 Å². The van der Waals surface area contributed by atoms with Crippen LogP contribution in [-0.2, 0) is 22.6 Å². The number of carbonyl (C=O) groups excluding carboxylic acids is 1. The highest BCUT2D eigenvalue weighted by molar-refractivity contribution is 5.74. The molecule has 9 heteroatoms. The average Bonchev–Trinajstić information content (AvgIpc) is 3.57. The summed E-state index contributed by atoms with van der Waals surface area (Å²) in [6, 6.07) is 19.4. The van der Waals surface area contributed by atoms with Gasteiger partial charge in [0.25, 0.3) is 5.89 Å². The second-order valence-corrected chi connectivity index (χ2v) is 9.04. The van der Waals surface area contributed by atoms with Crippen LogP contribution < -0.4 is 9.64 Å². The van der Waals surface area contributed by atoms with Gasteiger partial charge in [0.05, 0.1) is 12.5 Å². The van der Waals surface area contributed by atoms with E-state index in [1.54, 1.807) is 6.20 Å². The van der Waals surface area contributed by atoms with Gasteiger partial charge in [-0.2, -0.15) is 4.98 Å². The molecule has 2 atom stereocenters. The van der Waals surface area contributed by atoms with Gasteiger partial charge in [0.15, 0.2) is 6.61 Å². The number of carbonyl (C=O) groups is 1. The van der Waals surface area contributed by atoms with E-state index in [1.165, 1.54) is 0 Å². The largest absolute Gasteiger partial charge is 0.485 e. The van der Waals surface area contributed by atoms with Crippen molar-refractivity contribution in [2.45, 2.75) is 26.9 Å². The zero-order valence-corrected chi connectivity index (χ0v) is 20.9. The highest BCUT2D eigenvalue weighted by Crippen LogP contribution is 2.31. The standard InChI is InChI=1S/C28H29N5O4/c1-3-35-27(34)24-17-33(28-29-14-13-19(2)30-28)16-22(24)15-20-9-11-23(12-10-20)36-18-25-31-26(37-32-25)21-7-5-4-6-8-21/h4-14,22,24H,3,15-18H2,1-2H3/t22-,24+/m1/s1. The van der Waals surface area contributed by atoms with E-state index in [0.29, 0.717) is 43.1 Å². The van der Waals surface area contributed by atoms with Crippen molar-refractivity contribution in [1.82, 2.24) is 20.1 Å². The molecule has 0 bridgehead atoms. The number of hydrogen-bond acceptors (Lipinski definition) is 9. The summed E-state index contributed by atoms with van der Waals surface area (Å²) in [6.45, 7) is 5.57. The van der Waals surface area contributed by atoms with Gasteiger partial charge in [-0.25, -0.2) is 9.97 Å². The molecule has 0 spiro atoms. The highest BCUT2D eigenvalue weighted by atomic mass is 16.5. The first-order valence-electron chi connectivity index (χ1n) is 12.4. The average molecular weight is 500 g/mol. The lowest BCUT2D eigenvalue weighted by atomic mass is 9.90. The van der Waals surface area contributed by atoms with Gasteiger partial charge in [0.1, 0.15) is 5.75 Å². The SMILES string of the molecule is CCOC(=O)[C@H]1CN(c2nccc(C)n2)C[C@H]1Cc1ccc(OCc2noc(-c3ccccc3)n2)cc1. The van der Waals surface area contributed by atoms with Gasteiger partial charge in [-0.05, 0) is 62.1 Å². The second-order valence-electron chi connectivity index (χ2n) is 9.04. The molecular formula is C28H29N5O4. The normalized spacial score (nSPS) is 17.1. The molecule has 1 fully saturated rings. The Morgan fingerprint density at radius 2 is 1.86 bits per heavy atom. The molecule has 0 radical (unpaired) electrons. The van der Waals surface area contributed by atoms with Gasteiger partial charge >= 0.3 is 5.97 Å². The fraction of sp³-hybridized carbons (Fsp3) is 0.321. The van der Waals surface area contributed by atoms with Crippen LogP contribution in [-0.4, -0.2) is 45.8 Å². The first kappa shape index (κ1) is 24.4. The summed E-state index contributed by atoms with van der Waals surface area (Å²) in [5.74, 6) is 1.98. The number of rotatable bonds is 9. The number of ether oxygens (including phenoxy) is 2. The Kier molecular flexibility index (Phi) is 7.39. The van der Waals surface area contributed by atoms with Crippen LogP contribution in [0.4, 0.5) is 5.95 Å². The Labute approximate surface area is 215 Å². The van der Waals surface area contributed by atoms with Crippen LogP contribution in [0.1, 0.15) is 24.0 Å². The first-order valence-corrected chi connectivity index (χ1v) is 12.4. The van der Waals surface area contributed by atoms with E-state index < -0.39 is 0 Å². The van der Waals surface area contributed by atoms with Gasteiger partial charge in [0.2, 0.25) is 11.8 Å². The molecule has 0 aliphatic carbocycles. The molecule has 2 aromatic heterocycles. The summed E-state index contributed by atoms with van der Waals surface area (Å²) in [6.07, 6.45) is 2.48. The van der Waals surface area contributed by atoms with Crippen LogP contribution >= 0.6 is 0 Å². The fourth-order valence-electron chi connectivity index (χ4n) is 4.53. The molecule has 190 valence electrons. The van der Waals surface area contributed by atoms with Crippen LogP contribution in [0, 0.1) is 18.8 Å². The predicted octanol–water partition coefficient (Wildman–Crippen LogP) is 4.27. The Balaban J connectivity index is 1.21. The zero-order chi connectivity index (χ0) is 25.6. The molecule has 0 saturated carbocycles. The van der Waals surface area contributed by atoms with E-state index in [1.807, 2.05) is 74.5 Å². The van der Waals surface area contributed by atoms with E-state index >= 15 is 0 Å². The van der Waals surface area contributed by atoms with Crippen LogP contribution in [0.5, 0.6) is 5.75 Å². The molecule has 0 unspecified atom stereocenters. The summed E-state index contributed by atoms with van der Waals surface area (Å²) in [4.78, 5) is 28.1. The quantitative estimate of drug-likeness (QED) is 0.312. The first-order chi connectivity index (χ1) is 18.1. The predicted molar refractivity (Wildman–Crippen MR) is 137 cm³/mol. The zero-order valence-electron chi connectivity index (χ0n) is 20.9. The van der Waals surface area contributed by atoms with Crippen molar-refractivity contribution < 1.29 is 18.8 Å². The van der Waals surface area contributed by atoms with Crippen molar-refractivity contribution in [2.75, 3.05) is 24.6 Å². The molecule has 1 aliphatic rings. The number of aryl methyl sites for hydroxylation is 1. The number of anilines is 1. The molecule has 3 heterocycles. The van der Waals surface area contributed by atoms with Crippen LogP contribution in [0.2, 0.25) is 0 Å². The van der Waals surface area contributed by atoms with E-state index in [2.05, 4.69) is 25.0 Å². The molecule has 1 aliphatic heterocycles. The van der Waals surface area contributed by atoms with Crippen molar-refractivity contribution in [1.29, 1.82) is 0 Å². The minimum absolute atomic E-state index is 0.0886. The van der Waals surface area contributed by atoms with Crippen molar-refractivity contribution in [3.8, 4) is 17.2 Å². The molecule has 2 aromatic carbocycles. The molecule has 9 nitrogen and oxygen atoms in total. The number of hydrogen-bond donors (Lipinski definition) is 0. The van der Waals surface area contributed by atoms with Crippen molar-refractivity contribution in [3.05, 3.63) is 83.9 Å². The van der Waals surface area contributed by atoms with Gasteiger partial charge in [0, 0.05) is 30.5 Å². The minimum Gasteiger partial charge on any atom is -0.485 e. The summed E-state index contributed by atoms with van der Waals surface area (Å²) < 4.78 is 16.6. The third kappa shape index (κ3) is 5.94. The third-order valence-electron chi connectivity index (χ3n) is 6.37. The van der Waals surface area contributed by atoms with Gasteiger partial charge in [-0.1, -0.05) is 35.5 Å². The summed E-state index contributed by atoms with van der Waals surface area (Å²) in [5.41, 5.74) is 2.88. The van der Waals surface area contributed by atoms with E-state index in [9.17, 15) is 4.79 Å². The highest BCUT2D eigenvalue weighted by Gasteiger charge is 2.39. The summed E-state index contributed by atoms with van der Waals surface area (Å²) in [7, 11) is 0. The van der Waals surface area contributed by atoms with Crippen molar-refractivity contribution in [3.63, 3.8) is 0 Å². The van der Waals surface area contributed by atoms with Gasteiger partial charge in [-0.15, -0.1) is 0 Å². The second kappa shape index (κ2) is 11.2. The number of esters is 1. The maximum absolute atomic E-state index is 12.7. The van der Waals surface area contributed by atoms with E-state index in [4.69, 9.17) is 14.0 Å². The number of aromatic nitrogens is 4. The lowest BCUT2D eigenvalue weighted by Gasteiger charge is -2.17. The Bertz CT molecular complexity index is 1330. The van der Waals surface area contributed by atoms with Gasteiger partial charge in [-0.3, -0.25) is 4.79 Å².